The molecule has 8 heteroatoms. The van der Waals surface area contributed by atoms with E-state index in [-0.39, 0.29) is 12.2 Å². The van der Waals surface area contributed by atoms with Crippen molar-refractivity contribution in [3.8, 4) is 5.75 Å². The smallest absolute Gasteiger partial charge is 0.339 e. The van der Waals surface area contributed by atoms with Gasteiger partial charge in [-0.3, -0.25) is 4.79 Å². The summed E-state index contributed by atoms with van der Waals surface area (Å²) in [4.78, 5) is 26.9. The van der Waals surface area contributed by atoms with Crippen molar-refractivity contribution in [3.05, 3.63) is 71.1 Å². The topological polar surface area (TPSA) is 93.9 Å². The molecule has 1 heterocycles. The molecule has 0 aliphatic rings. The number of aryl methyl sites for hydroxylation is 2. The Hall–Kier alpha value is -3.81. The zero-order valence-corrected chi connectivity index (χ0v) is 18.8. The summed E-state index contributed by atoms with van der Waals surface area (Å²) in [6, 6.07) is 14.0. The van der Waals surface area contributed by atoms with Crippen molar-refractivity contribution in [2.45, 2.75) is 33.5 Å². The summed E-state index contributed by atoms with van der Waals surface area (Å²) in [5, 5.41) is 6.64. The van der Waals surface area contributed by atoms with Gasteiger partial charge in [-0.15, -0.1) is 0 Å². The van der Waals surface area contributed by atoms with E-state index in [9.17, 15) is 9.59 Å². The molecule has 32 heavy (non-hydrogen) atoms. The van der Waals surface area contributed by atoms with Crippen molar-refractivity contribution in [1.29, 1.82) is 0 Å². The van der Waals surface area contributed by atoms with Crippen LogP contribution in [0, 0.1) is 13.8 Å². The van der Waals surface area contributed by atoms with Crippen LogP contribution in [0.3, 0.4) is 0 Å². The first-order valence-corrected chi connectivity index (χ1v) is 10.2. The van der Waals surface area contributed by atoms with E-state index < -0.39 is 18.0 Å². The molecule has 0 aliphatic carbocycles. The van der Waals surface area contributed by atoms with Crippen LogP contribution < -0.4 is 15.0 Å². The number of ether oxygens (including phenoxy) is 2. The Morgan fingerprint density at radius 1 is 1.12 bits per heavy atom. The van der Waals surface area contributed by atoms with Gasteiger partial charge in [-0.1, -0.05) is 11.2 Å². The standard InChI is InChI=1S/C24H27N3O5/c1-15-22(16(2)32-26-15)14-30-21-8-6-7-18(13-21)24(29)31-17(3)23(28)25-19-9-11-20(12-10-19)27(4)5/h6-13,17H,14H2,1-5H3,(H,25,28)/t17-/m0/s1. The number of anilines is 2. The van der Waals surface area contributed by atoms with E-state index in [1.165, 1.54) is 6.92 Å². The summed E-state index contributed by atoms with van der Waals surface area (Å²) in [6.45, 7) is 5.45. The van der Waals surface area contributed by atoms with Crippen LogP contribution >= 0.6 is 0 Å². The van der Waals surface area contributed by atoms with E-state index in [0.29, 0.717) is 17.2 Å². The van der Waals surface area contributed by atoms with Crippen LogP contribution in [0.5, 0.6) is 5.75 Å². The van der Waals surface area contributed by atoms with Crippen molar-refractivity contribution in [3.63, 3.8) is 0 Å². The minimum absolute atomic E-state index is 0.269. The van der Waals surface area contributed by atoms with E-state index in [1.54, 1.807) is 36.4 Å². The van der Waals surface area contributed by atoms with Gasteiger partial charge < -0.3 is 24.2 Å². The number of carbonyl (C=O) groups is 2. The maximum atomic E-state index is 12.5. The maximum Gasteiger partial charge on any atom is 0.339 e. The quantitative estimate of drug-likeness (QED) is 0.530. The molecular formula is C24H27N3O5. The average molecular weight is 437 g/mol. The number of amides is 1. The Balaban J connectivity index is 1.57. The summed E-state index contributed by atoms with van der Waals surface area (Å²) in [7, 11) is 3.87. The van der Waals surface area contributed by atoms with Crippen LogP contribution in [0.2, 0.25) is 0 Å². The first-order valence-electron chi connectivity index (χ1n) is 10.2. The monoisotopic (exact) mass is 437 g/mol. The fourth-order valence-corrected chi connectivity index (χ4v) is 2.95. The Bertz CT molecular complexity index is 1070. The predicted molar refractivity (Wildman–Crippen MR) is 121 cm³/mol. The molecule has 8 nitrogen and oxygen atoms in total. The van der Waals surface area contributed by atoms with Crippen molar-refractivity contribution in [2.24, 2.45) is 0 Å². The SMILES string of the molecule is Cc1noc(C)c1COc1cccc(C(=O)O[C@@H](C)C(=O)Nc2ccc(N(C)C)cc2)c1. The van der Waals surface area contributed by atoms with Gasteiger partial charge in [-0.2, -0.15) is 0 Å². The molecule has 1 N–H and O–H groups in total. The number of nitrogens with one attached hydrogen (secondary N) is 1. The largest absolute Gasteiger partial charge is 0.489 e. The van der Waals surface area contributed by atoms with Crippen LogP contribution in [-0.4, -0.2) is 37.2 Å². The van der Waals surface area contributed by atoms with E-state index in [0.717, 1.165) is 16.9 Å². The molecule has 0 fully saturated rings. The highest BCUT2D eigenvalue weighted by atomic mass is 16.5. The molecule has 1 aromatic heterocycles. The Labute approximate surface area is 187 Å². The second-order valence-electron chi connectivity index (χ2n) is 7.60. The molecule has 0 radical (unpaired) electrons. The van der Waals surface area contributed by atoms with Gasteiger partial charge in [-0.25, -0.2) is 4.79 Å². The van der Waals surface area contributed by atoms with Crippen molar-refractivity contribution < 1.29 is 23.6 Å². The lowest BCUT2D eigenvalue weighted by Gasteiger charge is -2.15. The highest BCUT2D eigenvalue weighted by Gasteiger charge is 2.20. The van der Waals surface area contributed by atoms with E-state index in [1.807, 2.05) is 45.0 Å². The van der Waals surface area contributed by atoms with Crippen molar-refractivity contribution >= 4 is 23.3 Å². The van der Waals surface area contributed by atoms with E-state index >= 15 is 0 Å². The molecule has 2 aromatic carbocycles. The lowest BCUT2D eigenvalue weighted by Crippen LogP contribution is -2.30. The number of carbonyl (C=O) groups excluding carboxylic acids is 2. The van der Waals surface area contributed by atoms with Gasteiger partial charge in [0.1, 0.15) is 18.1 Å². The lowest BCUT2D eigenvalue weighted by atomic mass is 10.2. The number of nitrogens with zero attached hydrogens (tertiary/aromatic N) is 2. The first kappa shape index (κ1) is 22.9. The second kappa shape index (κ2) is 10.00. The molecule has 1 amide bonds. The van der Waals surface area contributed by atoms with Crippen molar-refractivity contribution in [1.82, 2.24) is 5.16 Å². The molecule has 0 bridgehead atoms. The molecule has 168 valence electrons. The summed E-state index contributed by atoms with van der Waals surface area (Å²) >= 11 is 0. The number of benzene rings is 2. The molecule has 0 saturated carbocycles. The molecule has 0 spiro atoms. The molecule has 0 unspecified atom stereocenters. The van der Waals surface area contributed by atoms with Crippen LogP contribution in [0.15, 0.2) is 53.1 Å². The van der Waals surface area contributed by atoms with Crippen molar-refractivity contribution in [2.75, 3.05) is 24.3 Å². The predicted octanol–water partition coefficient (Wildman–Crippen LogP) is 4.12. The first-order chi connectivity index (χ1) is 15.2. The zero-order chi connectivity index (χ0) is 23.3. The third-order valence-electron chi connectivity index (χ3n) is 4.94. The number of esters is 1. The van der Waals surface area contributed by atoms with Crippen LogP contribution in [0.4, 0.5) is 11.4 Å². The second-order valence-corrected chi connectivity index (χ2v) is 7.60. The van der Waals surface area contributed by atoms with Gasteiger partial charge in [-0.05, 0) is 63.2 Å². The van der Waals surface area contributed by atoms with Crippen LogP contribution in [0.25, 0.3) is 0 Å². The minimum Gasteiger partial charge on any atom is -0.489 e. The van der Waals surface area contributed by atoms with E-state index in [4.69, 9.17) is 14.0 Å². The Morgan fingerprint density at radius 2 is 1.84 bits per heavy atom. The van der Waals surface area contributed by atoms with E-state index in [2.05, 4.69) is 10.5 Å². The molecular weight excluding hydrogens is 410 g/mol. The normalized spacial score (nSPS) is 11.5. The van der Waals surface area contributed by atoms with Gasteiger partial charge >= 0.3 is 5.97 Å². The number of hydrogen-bond acceptors (Lipinski definition) is 7. The van der Waals surface area contributed by atoms with Gasteiger partial charge in [0.2, 0.25) is 0 Å². The number of rotatable bonds is 8. The van der Waals surface area contributed by atoms with Gasteiger partial charge in [0.05, 0.1) is 16.8 Å². The summed E-state index contributed by atoms with van der Waals surface area (Å²) in [5.41, 5.74) is 3.55. The third-order valence-corrected chi connectivity index (χ3v) is 4.94. The minimum atomic E-state index is -0.970. The molecule has 1 atom stereocenters. The number of aromatic nitrogens is 1. The fourth-order valence-electron chi connectivity index (χ4n) is 2.95. The Morgan fingerprint density at radius 3 is 2.47 bits per heavy atom. The maximum absolute atomic E-state index is 12.5. The Kier molecular flexibility index (Phi) is 7.14. The average Bonchev–Trinajstić information content (AvgIpc) is 3.10. The third kappa shape index (κ3) is 5.66. The zero-order valence-electron chi connectivity index (χ0n) is 18.8. The van der Waals surface area contributed by atoms with Crippen LogP contribution in [0.1, 0.15) is 34.3 Å². The molecule has 3 aromatic rings. The fraction of sp³-hybridized carbons (Fsp3) is 0.292. The van der Waals surface area contributed by atoms with Gasteiger partial charge in [0.15, 0.2) is 6.10 Å². The lowest BCUT2D eigenvalue weighted by molar-refractivity contribution is -0.123. The highest BCUT2D eigenvalue weighted by Crippen LogP contribution is 2.20. The molecule has 0 saturated heterocycles. The van der Waals surface area contributed by atoms with Gasteiger partial charge in [0.25, 0.3) is 5.91 Å². The summed E-state index contributed by atoms with van der Waals surface area (Å²) in [6.07, 6.45) is -0.970. The summed E-state index contributed by atoms with van der Waals surface area (Å²) in [5.74, 6) is 0.159. The molecule has 0 aliphatic heterocycles. The van der Waals surface area contributed by atoms with Gasteiger partial charge in [0, 0.05) is 25.5 Å². The van der Waals surface area contributed by atoms with Crippen LogP contribution in [-0.2, 0) is 16.1 Å². The highest BCUT2D eigenvalue weighted by molar-refractivity contribution is 5.97. The summed E-state index contributed by atoms with van der Waals surface area (Å²) < 4.78 is 16.2. The molecule has 3 rings (SSSR count). The number of hydrogen-bond donors (Lipinski definition) is 1.